The van der Waals surface area contributed by atoms with Crippen LogP contribution in [-0.4, -0.2) is 35.8 Å². The Morgan fingerprint density at radius 3 is 2.55 bits per heavy atom. The highest BCUT2D eigenvalue weighted by atomic mass is 16.5. The first-order valence-corrected chi connectivity index (χ1v) is 12.4. The zero-order valence-electron chi connectivity index (χ0n) is 18.5. The molecule has 1 aliphatic heterocycles. The summed E-state index contributed by atoms with van der Waals surface area (Å²) < 4.78 is 6.20. The number of allylic oxidation sites excluding steroid dienone is 2. The number of Topliss-reactive ketones (excluding diaryl/α,β-unsaturated/α-hetero) is 1. The number of carbonyl (C=O) groups excluding carboxylic acids is 2. The first-order chi connectivity index (χ1) is 15.2. The Morgan fingerprint density at radius 1 is 1.03 bits per heavy atom. The molecule has 0 aromatic heterocycles. The Morgan fingerprint density at radius 2 is 1.87 bits per heavy atom. The fourth-order valence-electron chi connectivity index (χ4n) is 5.94. The average Bonchev–Trinajstić information content (AvgIpc) is 3.36. The maximum Gasteiger partial charge on any atom is 0.225 e. The summed E-state index contributed by atoms with van der Waals surface area (Å²) in [5.74, 6) is 4.01. The van der Waals surface area contributed by atoms with Crippen molar-refractivity contribution in [2.75, 3.05) is 13.1 Å². The van der Waals surface area contributed by atoms with Gasteiger partial charge in [0.05, 0.1) is 0 Å². The molecule has 31 heavy (non-hydrogen) atoms. The Hall–Kier alpha value is -2.10. The third-order valence-corrected chi connectivity index (χ3v) is 8.06. The lowest BCUT2D eigenvalue weighted by Crippen LogP contribution is -2.45. The molecule has 1 aromatic rings. The van der Waals surface area contributed by atoms with Crippen LogP contribution in [0.4, 0.5) is 0 Å². The fraction of sp³-hybridized carbons (Fsp3) is 0.630. The highest BCUT2D eigenvalue weighted by molar-refractivity contribution is 5.96. The predicted molar refractivity (Wildman–Crippen MR) is 121 cm³/mol. The van der Waals surface area contributed by atoms with Crippen LogP contribution in [-0.2, 0) is 4.79 Å². The number of piperidine rings is 1. The molecule has 1 saturated heterocycles. The van der Waals surface area contributed by atoms with Crippen molar-refractivity contribution in [3.63, 3.8) is 0 Å². The van der Waals surface area contributed by atoms with Crippen molar-refractivity contribution in [1.82, 2.24) is 4.90 Å². The van der Waals surface area contributed by atoms with E-state index >= 15 is 0 Å². The van der Waals surface area contributed by atoms with Crippen LogP contribution in [0.1, 0.15) is 74.6 Å². The lowest BCUT2D eigenvalue weighted by Gasteiger charge is -2.36. The van der Waals surface area contributed by atoms with Crippen LogP contribution in [0.15, 0.2) is 36.4 Å². The van der Waals surface area contributed by atoms with E-state index in [9.17, 15) is 9.59 Å². The van der Waals surface area contributed by atoms with Crippen molar-refractivity contribution < 1.29 is 14.3 Å². The molecule has 4 heteroatoms. The van der Waals surface area contributed by atoms with Gasteiger partial charge >= 0.3 is 0 Å². The lowest BCUT2D eigenvalue weighted by atomic mass is 9.84. The number of fused-ring (bicyclic) bond motifs is 2. The molecular weight excluding hydrogens is 386 g/mol. The van der Waals surface area contributed by atoms with E-state index in [1.807, 2.05) is 29.2 Å². The third kappa shape index (κ3) is 4.73. The van der Waals surface area contributed by atoms with E-state index in [2.05, 4.69) is 12.2 Å². The lowest BCUT2D eigenvalue weighted by molar-refractivity contribution is -0.140. The summed E-state index contributed by atoms with van der Waals surface area (Å²) in [7, 11) is 0. The molecule has 3 atom stereocenters. The summed E-state index contributed by atoms with van der Waals surface area (Å²) in [5.41, 5.74) is 0.767. The fourth-order valence-corrected chi connectivity index (χ4v) is 5.94. The van der Waals surface area contributed by atoms with Crippen LogP contribution in [0.2, 0.25) is 0 Å². The van der Waals surface area contributed by atoms with Gasteiger partial charge in [0, 0.05) is 43.8 Å². The number of carbonyl (C=O) groups is 2. The summed E-state index contributed by atoms with van der Waals surface area (Å²) in [6, 6.07) is 7.70. The van der Waals surface area contributed by atoms with Crippen molar-refractivity contribution >= 4 is 11.7 Å². The van der Waals surface area contributed by atoms with Crippen LogP contribution in [0.5, 0.6) is 5.75 Å². The zero-order valence-corrected chi connectivity index (χ0v) is 18.5. The largest absolute Gasteiger partial charge is 0.490 e. The molecule has 3 fully saturated rings. The molecule has 5 rings (SSSR count). The molecule has 0 spiro atoms. The molecule has 4 nitrogen and oxygen atoms in total. The van der Waals surface area contributed by atoms with Gasteiger partial charge < -0.3 is 9.64 Å². The van der Waals surface area contributed by atoms with Crippen molar-refractivity contribution in [3.8, 4) is 5.75 Å². The summed E-state index contributed by atoms with van der Waals surface area (Å²) in [4.78, 5) is 27.2. The van der Waals surface area contributed by atoms with Gasteiger partial charge in [-0.25, -0.2) is 0 Å². The minimum Gasteiger partial charge on any atom is -0.490 e. The van der Waals surface area contributed by atoms with Crippen LogP contribution in [0.25, 0.3) is 0 Å². The number of ether oxygens (including phenoxy) is 1. The minimum atomic E-state index is 0.127. The second-order valence-electron chi connectivity index (χ2n) is 10.2. The Kier molecular flexibility index (Phi) is 6.15. The van der Waals surface area contributed by atoms with Gasteiger partial charge in [-0.05, 0) is 68.4 Å². The van der Waals surface area contributed by atoms with Gasteiger partial charge in [0.2, 0.25) is 5.91 Å². The third-order valence-electron chi connectivity index (χ3n) is 8.06. The second kappa shape index (κ2) is 9.18. The van der Waals surface area contributed by atoms with Gasteiger partial charge in [0.25, 0.3) is 0 Å². The van der Waals surface area contributed by atoms with Gasteiger partial charge in [-0.3, -0.25) is 9.59 Å². The maximum atomic E-state index is 12.7. The van der Waals surface area contributed by atoms with Crippen LogP contribution in [0.3, 0.4) is 0 Å². The molecule has 3 aliphatic carbocycles. The first-order valence-electron chi connectivity index (χ1n) is 12.4. The number of likely N-dealkylation sites (tertiary alicyclic amines) is 1. The van der Waals surface area contributed by atoms with E-state index in [0.29, 0.717) is 12.3 Å². The highest BCUT2D eigenvalue weighted by Crippen LogP contribution is 2.45. The van der Waals surface area contributed by atoms with E-state index < -0.39 is 0 Å². The molecule has 4 aliphatic rings. The van der Waals surface area contributed by atoms with Gasteiger partial charge in [-0.1, -0.05) is 30.7 Å². The summed E-state index contributed by atoms with van der Waals surface area (Å²) >= 11 is 0. The number of amides is 1. The molecule has 2 bridgehead atoms. The number of hydrogen-bond donors (Lipinski definition) is 0. The predicted octanol–water partition coefficient (Wildman–Crippen LogP) is 5.42. The molecule has 2 saturated carbocycles. The molecular formula is C27H35NO3. The Labute approximate surface area is 186 Å². The molecule has 166 valence electrons. The van der Waals surface area contributed by atoms with Crippen molar-refractivity contribution in [2.45, 2.75) is 70.3 Å². The number of hydrogen-bond acceptors (Lipinski definition) is 3. The number of nitrogens with zero attached hydrogens (tertiary/aromatic N) is 1. The molecule has 0 radical (unpaired) electrons. The molecule has 1 amide bonds. The smallest absolute Gasteiger partial charge is 0.225 e. The van der Waals surface area contributed by atoms with Gasteiger partial charge in [-0.15, -0.1) is 0 Å². The standard InChI is InChI=1S/C27H35NO3/c29-26(9-3-6-21-16-19-10-11-22(21)17-19)23-7-2-8-25(18-23)31-24-12-14-28(15-13-24)27(30)20-4-1-5-20/h2,7-8,10-11,18-22,24H,1,3-6,9,12-17H2. The van der Waals surface area contributed by atoms with Crippen LogP contribution in [0, 0.1) is 23.7 Å². The highest BCUT2D eigenvalue weighted by Gasteiger charge is 2.35. The zero-order chi connectivity index (χ0) is 21.2. The number of rotatable bonds is 8. The minimum absolute atomic E-state index is 0.127. The van der Waals surface area contributed by atoms with Crippen molar-refractivity contribution in [2.24, 2.45) is 23.7 Å². The molecule has 1 heterocycles. The summed E-state index contributed by atoms with van der Waals surface area (Å²) in [5, 5.41) is 0. The van der Waals surface area contributed by atoms with E-state index in [0.717, 1.165) is 74.3 Å². The quantitative estimate of drug-likeness (QED) is 0.416. The van der Waals surface area contributed by atoms with Crippen LogP contribution >= 0.6 is 0 Å². The van der Waals surface area contributed by atoms with Gasteiger partial charge in [0.15, 0.2) is 5.78 Å². The van der Waals surface area contributed by atoms with Gasteiger partial charge in [0.1, 0.15) is 11.9 Å². The van der Waals surface area contributed by atoms with E-state index in [4.69, 9.17) is 4.74 Å². The average molecular weight is 422 g/mol. The van der Waals surface area contributed by atoms with Crippen molar-refractivity contribution in [1.29, 1.82) is 0 Å². The number of benzene rings is 1. The Balaban J connectivity index is 1.07. The molecule has 0 N–H and O–H groups in total. The van der Waals surface area contributed by atoms with E-state index in [1.54, 1.807) is 0 Å². The second-order valence-corrected chi connectivity index (χ2v) is 10.2. The van der Waals surface area contributed by atoms with Gasteiger partial charge in [-0.2, -0.15) is 0 Å². The molecule has 1 aromatic carbocycles. The van der Waals surface area contributed by atoms with Crippen LogP contribution < -0.4 is 4.74 Å². The summed E-state index contributed by atoms with van der Waals surface area (Å²) in [6.45, 7) is 1.58. The first kappa shape index (κ1) is 20.8. The Bertz CT molecular complexity index is 835. The topological polar surface area (TPSA) is 46.6 Å². The normalized spacial score (nSPS) is 28.0. The molecule has 3 unspecified atom stereocenters. The summed E-state index contributed by atoms with van der Waals surface area (Å²) in [6.07, 6.45) is 15.4. The van der Waals surface area contributed by atoms with E-state index in [1.165, 1.54) is 25.7 Å². The van der Waals surface area contributed by atoms with Crippen molar-refractivity contribution in [3.05, 3.63) is 42.0 Å². The SMILES string of the molecule is O=C(CCCC1CC2C=CC1C2)c1cccc(OC2CCN(C(=O)C3CCC3)CC2)c1. The number of ketones is 1. The monoisotopic (exact) mass is 421 g/mol. The van der Waals surface area contributed by atoms with E-state index in [-0.39, 0.29) is 17.8 Å². The maximum absolute atomic E-state index is 12.7.